The van der Waals surface area contributed by atoms with Crippen LogP contribution in [0.4, 0.5) is 19.0 Å². The van der Waals surface area contributed by atoms with Crippen molar-refractivity contribution in [2.45, 2.75) is 52.1 Å². The molecule has 1 aromatic heterocycles. The summed E-state index contributed by atoms with van der Waals surface area (Å²) in [5.41, 5.74) is -0.660. The minimum atomic E-state index is -4.31. The van der Waals surface area contributed by atoms with Crippen LogP contribution in [0.1, 0.15) is 51.5 Å². The van der Waals surface area contributed by atoms with E-state index in [0.29, 0.717) is 12.4 Å². The van der Waals surface area contributed by atoms with Crippen molar-refractivity contribution in [2.24, 2.45) is 5.92 Å². The fraction of sp³-hybridized carbons (Fsp3) is 0.667. The van der Waals surface area contributed by atoms with E-state index in [9.17, 15) is 13.2 Å². The molecule has 1 heterocycles. The van der Waals surface area contributed by atoms with Crippen LogP contribution < -0.4 is 5.32 Å². The van der Waals surface area contributed by atoms with Gasteiger partial charge in [0, 0.05) is 12.7 Å². The Morgan fingerprint density at radius 2 is 1.85 bits per heavy atom. The van der Waals surface area contributed by atoms with Crippen LogP contribution in [0.25, 0.3) is 0 Å². The van der Waals surface area contributed by atoms with E-state index >= 15 is 0 Å². The molecular formula is C15H23F3N2. The molecule has 0 bridgehead atoms. The van der Waals surface area contributed by atoms with Crippen molar-refractivity contribution in [2.75, 3.05) is 11.9 Å². The molecule has 1 N–H and O–H groups in total. The van der Waals surface area contributed by atoms with Crippen molar-refractivity contribution in [1.82, 2.24) is 4.98 Å². The van der Waals surface area contributed by atoms with E-state index in [1.807, 2.05) is 0 Å². The molecule has 2 nitrogen and oxygen atoms in total. The van der Waals surface area contributed by atoms with Crippen LogP contribution in [0.15, 0.2) is 18.3 Å². The van der Waals surface area contributed by atoms with E-state index in [0.717, 1.165) is 30.9 Å². The normalized spacial score (nSPS) is 11.9. The maximum absolute atomic E-state index is 12.5. The number of unbranched alkanes of at least 4 members (excludes halogenated alkanes) is 3. The minimum Gasteiger partial charge on any atom is -0.370 e. The van der Waals surface area contributed by atoms with Gasteiger partial charge in [-0.15, -0.1) is 0 Å². The number of aromatic nitrogens is 1. The summed E-state index contributed by atoms with van der Waals surface area (Å²) in [5, 5.41) is 2.95. The van der Waals surface area contributed by atoms with Crippen LogP contribution in [0, 0.1) is 5.92 Å². The topological polar surface area (TPSA) is 24.9 Å². The van der Waals surface area contributed by atoms with Crippen molar-refractivity contribution < 1.29 is 13.2 Å². The van der Waals surface area contributed by atoms with Gasteiger partial charge in [-0.2, -0.15) is 13.2 Å². The SMILES string of the molecule is CC(C)CCCCCCNc1cc(C(F)(F)F)ccn1. The molecular weight excluding hydrogens is 265 g/mol. The van der Waals surface area contributed by atoms with Gasteiger partial charge in [0.1, 0.15) is 5.82 Å². The summed E-state index contributed by atoms with van der Waals surface area (Å²) in [6.45, 7) is 5.08. The predicted molar refractivity (Wildman–Crippen MR) is 75.7 cm³/mol. The average molecular weight is 288 g/mol. The molecule has 20 heavy (non-hydrogen) atoms. The smallest absolute Gasteiger partial charge is 0.370 e. The fourth-order valence-electron chi connectivity index (χ4n) is 1.95. The van der Waals surface area contributed by atoms with Crippen LogP contribution in [-0.2, 0) is 6.18 Å². The van der Waals surface area contributed by atoms with Crippen molar-refractivity contribution in [3.63, 3.8) is 0 Å². The van der Waals surface area contributed by atoms with E-state index in [-0.39, 0.29) is 0 Å². The molecule has 0 saturated carbocycles. The molecule has 1 aromatic rings. The molecule has 0 fully saturated rings. The Hall–Kier alpha value is -1.26. The molecule has 0 spiro atoms. The monoisotopic (exact) mass is 288 g/mol. The average Bonchev–Trinajstić information content (AvgIpc) is 2.36. The van der Waals surface area contributed by atoms with Gasteiger partial charge in [0.15, 0.2) is 0 Å². The number of alkyl halides is 3. The Morgan fingerprint density at radius 1 is 1.15 bits per heavy atom. The Morgan fingerprint density at radius 3 is 2.50 bits per heavy atom. The summed E-state index contributed by atoms with van der Waals surface area (Å²) in [6, 6.07) is 2.04. The zero-order valence-electron chi connectivity index (χ0n) is 12.1. The quantitative estimate of drug-likeness (QED) is 0.672. The first-order valence-corrected chi connectivity index (χ1v) is 7.16. The Kier molecular flexibility index (Phi) is 6.82. The van der Waals surface area contributed by atoms with Gasteiger partial charge in [-0.1, -0.05) is 39.5 Å². The van der Waals surface area contributed by atoms with Crippen LogP contribution >= 0.6 is 0 Å². The van der Waals surface area contributed by atoms with Gasteiger partial charge in [-0.3, -0.25) is 0 Å². The molecule has 0 saturated heterocycles. The van der Waals surface area contributed by atoms with Gasteiger partial charge < -0.3 is 5.32 Å². The van der Waals surface area contributed by atoms with Crippen molar-refractivity contribution in [3.05, 3.63) is 23.9 Å². The number of nitrogens with one attached hydrogen (secondary N) is 1. The molecule has 0 aliphatic rings. The predicted octanol–water partition coefficient (Wildman–Crippen LogP) is 5.12. The highest BCUT2D eigenvalue weighted by atomic mass is 19.4. The molecule has 0 aromatic carbocycles. The van der Waals surface area contributed by atoms with Crippen LogP contribution in [-0.4, -0.2) is 11.5 Å². The zero-order chi connectivity index (χ0) is 15.0. The molecule has 0 aliphatic heterocycles. The van der Waals surface area contributed by atoms with Crippen molar-refractivity contribution in [3.8, 4) is 0 Å². The Labute approximate surface area is 118 Å². The van der Waals surface area contributed by atoms with E-state index in [1.54, 1.807) is 0 Å². The largest absolute Gasteiger partial charge is 0.416 e. The summed E-state index contributed by atoms with van der Waals surface area (Å²) in [5.74, 6) is 1.03. The highest BCUT2D eigenvalue weighted by Gasteiger charge is 2.30. The molecule has 0 radical (unpaired) electrons. The summed E-state index contributed by atoms with van der Waals surface area (Å²) in [7, 11) is 0. The van der Waals surface area contributed by atoms with Crippen molar-refractivity contribution >= 4 is 5.82 Å². The number of anilines is 1. The molecule has 0 amide bonds. The van der Waals surface area contributed by atoms with Crippen LogP contribution in [0.3, 0.4) is 0 Å². The van der Waals surface area contributed by atoms with Gasteiger partial charge in [-0.25, -0.2) is 4.98 Å². The second-order valence-electron chi connectivity index (χ2n) is 5.45. The highest BCUT2D eigenvalue weighted by Crippen LogP contribution is 2.29. The molecule has 5 heteroatoms. The molecule has 114 valence electrons. The molecule has 0 atom stereocenters. The van der Waals surface area contributed by atoms with E-state index < -0.39 is 11.7 Å². The van der Waals surface area contributed by atoms with Gasteiger partial charge in [0.2, 0.25) is 0 Å². The first kappa shape index (κ1) is 16.8. The van der Waals surface area contributed by atoms with Crippen LogP contribution in [0.2, 0.25) is 0 Å². The number of pyridine rings is 1. The van der Waals surface area contributed by atoms with Crippen LogP contribution in [0.5, 0.6) is 0 Å². The van der Waals surface area contributed by atoms with Gasteiger partial charge in [-0.05, 0) is 24.5 Å². The van der Waals surface area contributed by atoms with E-state index in [1.165, 1.54) is 25.5 Å². The lowest BCUT2D eigenvalue weighted by Crippen LogP contribution is -2.08. The second-order valence-corrected chi connectivity index (χ2v) is 5.45. The molecule has 0 aliphatic carbocycles. The lowest BCUT2D eigenvalue weighted by molar-refractivity contribution is -0.137. The highest BCUT2D eigenvalue weighted by molar-refractivity contribution is 5.38. The molecule has 1 rings (SSSR count). The Balaban J connectivity index is 2.22. The van der Waals surface area contributed by atoms with Gasteiger partial charge >= 0.3 is 6.18 Å². The maximum atomic E-state index is 12.5. The van der Waals surface area contributed by atoms with Gasteiger partial charge in [0.05, 0.1) is 5.56 Å². The minimum absolute atomic E-state index is 0.294. The third-order valence-electron chi connectivity index (χ3n) is 3.10. The van der Waals surface area contributed by atoms with Gasteiger partial charge in [0.25, 0.3) is 0 Å². The summed E-state index contributed by atoms with van der Waals surface area (Å²) >= 11 is 0. The number of rotatable bonds is 8. The summed E-state index contributed by atoms with van der Waals surface area (Å²) < 4.78 is 37.5. The first-order valence-electron chi connectivity index (χ1n) is 7.16. The standard InChI is InChI=1S/C15H23F3N2/c1-12(2)7-5-3-4-6-9-19-14-11-13(8-10-20-14)15(16,17)18/h8,10-12H,3-7,9H2,1-2H3,(H,19,20). The lowest BCUT2D eigenvalue weighted by atomic mass is 10.0. The summed E-state index contributed by atoms with van der Waals surface area (Å²) in [6.07, 6.45) is 2.57. The third-order valence-corrected chi connectivity index (χ3v) is 3.10. The maximum Gasteiger partial charge on any atom is 0.416 e. The fourth-order valence-corrected chi connectivity index (χ4v) is 1.95. The molecule has 0 unspecified atom stereocenters. The van der Waals surface area contributed by atoms with E-state index in [2.05, 4.69) is 24.1 Å². The van der Waals surface area contributed by atoms with E-state index in [4.69, 9.17) is 0 Å². The third kappa shape index (κ3) is 6.78. The number of hydrogen-bond acceptors (Lipinski definition) is 2. The zero-order valence-corrected chi connectivity index (χ0v) is 12.1. The number of halogens is 3. The first-order chi connectivity index (χ1) is 9.39. The lowest BCUT2D eigenvalue weighted by Gasteiger charge is -2.09. The van der Waals surface area contributed by atoms with Crippen molar-refractivity contribution in [1.29, 1.82) is 0 Å². The number of nitrogens with zero attached hydrogens (tertiary/aromatic N) is 1. The Bertz CT molecular complexity index is 389. The summed E-state index contributed by atoms with van der Waals surface area (Å²) in [4.78, 5) is 3.90. The number of hydrogen-bond donors (Lipinski definition) is 1. The second kappa shape index (κ2) is 8.12.